The Bertz CT molecular complexity index is 1190. The first kappa shape index (κ1) is 22.3. The molecular weight excluding hydrogens is 435 g/mol. The third kappa shape index (κ3) is 4.49. The standard InChI is InChI=1S/C23H25FN2O5S/c1-13(2)25-9-3-4-14-10-16(24)5-8-20(14)32(29,30)26-19-7-6-17-18-11-15(18)12-31-22(17)21(19)23(27)28/h3-8,10,13,15,18,25-26H,9,11-12H2,1-2H3,(H,27,28)/b4-3-/t15-,18-/m1/s1. The molecule has 2 atom stereocenters. The molecule has 1 heterocycles. The zero-order valence-corrected chi connectivity index (χ0v) is 18.6. The van der Waals surface area contributed by atoms with Gasteiger partial charge >= 0.3 is 5.97 Å². The van der Waals surface area contributed by atoms with Gasteiger partial charge in [0.2, 0.25) is 0 Å². The van der Waals surface area contributed by atoms with Crippen LogP contribution in [-0.4, -0.2) is 38.7 Å². The number of benzene rings is 2. The highest BCUT2D eigenvalue weighted by Crippen LogP contribution is 2.55. The number of carboxylic acid groups (broad SMARTS) is 1. The van der Waals surface area contributed by atoms with Crippen LogP contribution < -0.4 is 14.8 Å². The molecule has 1 saturated carbocycles. The molecule has 0 aromatic heterocycles. The van der Waals surface area contributed by atoms with Gasteiger partial charge in [-0.25, -0.2) is 17.6 Å². The van der Waals surface area contributed by atoms with E-state index in [1.165, 1.54) is 12.1 Å². The lowest BCUT2D eigenvalue weighted by molar-refractivity contribution is 0.0692. The van der Waals surface area contributed by atoms with Crippen molar-refractivity contribution < 1.29 is 27.4 Å². The van der Waals surface area contributed by atoms with Crippen molar-refractivity contribution in [2.45, 2.75) is 37.1 Å². The Morgan fingerprint density at radius 3 is 2.81 bits per heavy atom. The zero-order chi connectivity index (χ0) is 23.0. The van der Waals surface area contributed by atoms with Gasteiger partial charge in [-0.05, 0) is 47.7 Å². The summed E-state index contributed by atoms with van der Waals surface area (Å²) in [6.07, 6.45) is 4.16. The Labute approximate surface area is 186 Å². The largest absolute Gasteiger partial charge is 0.492 e. The maximum absolute atomic E-state index is 13.8. The minimum absolute atomic E-state index is 0.0870. The van der Waals surface area contributed by atoms with Crippen LogP contribution in [0.5, 0.6) is 5.75 Å². The van der Waals surface area contributed by atoms with E-state index in [2.05, 4.69) is 10.0 Å². The summed E-state index contributed by atoms with van der Waals surface area (Å²) in [5, 5.41) is 12.9. The fraction of sp³-hybridized carbons (Fsp3) is 0.348. The van der Waals surface area contributed by atoms with Crippen LogP contribution in [0.3, 0.4) is 0 Å². The summed E-state index contributed by atoms with van der Waals surface area (Å²) in [4.78, 5) is 11.8. The van der Waals surface area contributed by atoms with E-state index in [-0.39, 0.29) is 39.4 Å². The number of fused-ring (bicyclic) bond motifs is 3. The van der Waals surface area contributed by atoms with Gasteiger partial charge in [-0.1, -0.05) is 32.1 Å². The van der Waals surface area contributed by atoms with E-state index in [1.54, 1.807) is 12.1 Å². The third-order valence-electron chi connectivity index (χ3n) is 5.61. The fourth-order valence-corrected chi connectivity index (χ4v) is 5.18. The normalized spacial score (nSPS) is 19.4. The van der Waals surface area contributed by atoms with Gasteiger partial charge in [0.05, 0.1) is 17.2 Å². The number of hydrogen-bond donors (Lipinski definition) is 3. The lowest BCUT2D eigenvalue weighted by Crippen LogP contribution is -2.22. The maximum Gasteiger partial charge on any atom is 0.341 e. The highest BCUT2D eigenvalue weighted by molar-refractivity contribution is 7.92. The van der Waals surface area contributed by atoms with Crippen molar-refractivity contribution in [3.05, 3.63) is 58.9 Å². The topological polar surface area (TPSA) is 105 Å². The Hall–Kier alpha value is -2.91. The van der Waals surface area contributed by atoms with Crippen LogP contribution in [0.25, 0.3) is 6.08 Å². The highest BCUT2D eigenvalue weighted by atomic mass is 32.2. The van der Waals surface area contributed by atoms with Crippen LogP contribution in [0.2, 0.25) is 0 Å². The first-order chi connectivity index (χ1) is 15.2. The molecule has 1 aliphatic heterocycles. The van der Waals surface area contributed by atoms with Crippen molar-refractivity contribution in [1.29, 1.82) is 0 Å². The number of ether oxygens (including phenoxy) is 1. The van der Waals surface area contributed by atoms with E-state index in [9.17, 15) is 22.7 Å². The molecule has 2 aliphatic rings. The van der Waals surface area contributed by atoms with Crippen molar-refractivity contribution in [2.75, 3.05) is 17.9 Å². The average molecular weight is 461 g/mol. The molecule has 170 valence electrons. The molecule has 0 radical (unpaired) electrons. The molecule has 0 saturated heterocycles. The average Bonchev–Trinajstić information content (AvgIpc) is 3.50. The molecule has 1 aliphatic carbocycles. The van der Waals surface area contributed by atoms with Gasteiger partial charge < -0.3 is 15.2 Å². The molecule has 0 amide bonds. The quantitative estimate of drug-likeness (QED) is 0.553. The van der Waals surface area contributed by atoms with E-state index in [0.717, 1.165) is 30.2 Å². The van der Waals surface area contributed by atoms with Gasteiger partial charge in [-0.3, -0.25) is 4.72 Å². The van der Waals surface area contributed by atoms with Crippen molar-refractivity contribution in [2.24, 2.45) is 5.92 Å². The van der Waals surface area contributed by atoms with Crippen molar-refractivity contribution in [3.63, 3.8) is 0 Å². The van der Waals surface area contributed by atoms with Gasteiger partial charge in [0, 0.05) is 18.5 Å². The lowest BCUT2D eigenvalue weighted by Gasteiger charge is -2.21. The predicted molar refractivity (Wildman–Crippen MR) is 119 cm³/mol. The number of hydrogen-bond acceptors (Lipinski definition) is 5. The number of sulfonamides is 1. The number of nitrogens with one attached hydrogen (secondary N) is 2. The first-order valence-corrected chi connectivity index (χ1v) is 11.9. The molecule has 0 bridgehead atoms. The minimum atomic E-state index is -4.21. The van der Waals surface area contributed by atoms with Crippen LogP contribution in [0, 0.1) is 11.7 Å². The number of halogens is 1. The first-order valence-electron chi connectivity index (χ1n) is 10.4. The molecule has 4 rings (SSSR count). The number of anilines is 1. The molecular formula is C23H25FN2O5S. The molecule has 2 aromatic rings. The van der Waals surface area contributed by atoms with Gasteiger partial charge in [-0.15, -0.1) is 0 Å². The van der Waals surface area contributed by atoms with E-state index in [0.29, 0.717) is 19.1 Å². The number of aromatic carboxylic acids is 1. The zero-order valence-electron chi connectivity index (χ0n) is 17.8. The second-order valence-electron chi connectivity index (χ2n) is 8.38. The Kier molecular flexibility index (Phi) is 5.96. The van der Waals surface area contributed by atoms with E-state index >= 15 is 0 Å². The monoisotopic (exact) mass is 460 g/mol. The molecule has 32 heavy (non-hydrogen) atoms. The molecule has 9 heteroatoms. The summed E-state index contributed by atoms with van der Waals surface area (Å²) < 4.78 is 48.2. The Morgan fingerprint density at radius 1 is 1.31 bits per heavy atom. The van der Waals surface area contributed by atoms with Crippen LogP contribution in [0.15, 0.2) is 41.3 Å². The molecule has 0 spiro atoms. The summed E-state index contributed by atoms with van der Waals surface area (Å²) >= 11 is 0. The van der Waals surface area contributed by atoms with Crippen molar-refractivity contribution in [3.8, 4) is 5.75 Å². The van der Waals surface area contributed by atoms with E-state index in [4.69, 9.17) is 4.74 Å². The SMILES string of the molecule is CC(C)NC/C=C\c1cc(F)ccc1S(=O)(=O)Nc1ccc2c(c1C(=O)O)OC[C@H]1C[C@@H]21. The summed E-state index contributed by atoms with van der Waals surface area (Å²) in [5.74, 6) is -0.984. The van der Waals surface area contributed by atoms with Gasteiger partial charge in [0.1, 0.15) is 17.1 Å². The predicted octanol–water partition coefficient (Wildman–Crippen LogP) is 3.83. The fourth-order valence-electron chi connectivity index (χ4n) is 3.93. The smallest absolute Gasteiger partial charge is 0.341 e. The van der Waals surface area contributed by atoms with Gasteiger partial charge in [0.15, 0.2) is 0 Å². The molecule has 7 nitrogen and oxygen atoms in total. The lowest BCUT2D eigenvalue weighted by atomic mass is 10.0. The van der Waals surface area contributed by atoms with E-state index < -0.39 is 21.8 Å². The van der Waals surface area contributed by atoms with Gasteiger partial charge in [-0.2, -0.15) is 0 Å². The number of carboxylic acids is 1. The van der Waals surface area contributed by atoms with Crippen molar-refractivity contribution >= 4 is 27.8 Å². The van der Waals surface area contributed by atoms with E-state index in [1.807, 2.05) is 13.8 Å². The molecule has 1 fully saturated rings. The third-order valence-corrected chi connectivity index (χ3v) is 7.05. The second-order valence-corrected chi connectivity index (χ2v) is 10.0. The number of rotatable bonds is 8. The molecule has 0 unspecified atom stereocenters. The highest BCUT2D eigenvalue weighted by Gasteiger charge is 2.45. The van der Waals surface area contributed by atoms with Crippen molar-refractivity contribution in [1.82, 2.24) is 5.32 Å². The summed E-state index contributed by atoms with van der Waals surface area (Å²) in [6.45, 7) is 4.85. The summed E-state index contributed by atoms with van der Waals surface area (Å²) in [7, 11) is -4.21. The van der Waals surface area contributed by atoms with Crippen LogP contribution >= 0.6 is 0 Å². The Morgan fingerprint density at radius 2 is 2.09 bits per heavy atom. The summed E-state index contributed by atoms with van der Waals surface area (Å²) in [6, 6.07) is 6.75. The van der Waals surface area contributed by atoms with Gasteiger partial charge in [0.25, 0.3) is 10.0 Å². The maximum atomic E-state index is 13.8. The Balaban J connectivity index is 1.68. The minimum Gasteiger partial charge on any atom is -0.492 e. The van der Waals surface area contributed by atoms with Crippen LogP contribution in [0.1, 0.15) is 47.7 Å². The number of carbonyl (C=O) groups is 1. The van der Waals surface area contributed by atoms with Crippen LogP contribution in [-0.2, 0) is 10.0 Å². The summed E-state index contributed by atoms with van der Waals surface area (Å²) in [5.41, 5.74) is 0.660. The molecule has 2 aromatic carbocycles. The second kappa shape index (κ2) is 8.55. The van der Waals surface area contributed by atoms with Crippen LogP contribution in [0.4, 0.5) is 10.1 Å². The molecule has 3 N–H and O–H groups in total.